The van der Waals surface area contributed by atoms with Gasteiger partial charge in [0.2, 0.25) is 10.4 Å². The quantitative estimate of drug-likeness (QED) is 0.0298. The van der Waals surface area contributed by atoms with Gasteiger partial charge in [-0.05, 0) is 99.2 Å². The SMILES string of the molecule is CC(C)CC(=O)C[C@](C)(O)[C@H]1CCC2C3C[C@H](OC4OC(CO)C(O)C(OC5OCC(OC6OCC(O)C(O)C6O)C(O)C5OC5OC(C)C(O)C(O)C5O)C4O)C4C[C@@H](OS(=O)(=O)[O-])CC[C@]4(C)C3=CC[C@@]21C.[Na+]. The average Bonchev–Trinajstić information content (AvgIpc) is 3.69. The summed E-state index contributed by atoms with van der Waals surface area (Å²) < 4.78 is 88.9. The molecule has 8 rings (SSSR count). The molecular weight excluding hydrogens is 1030 g/mol. The van der Waals surface area contributed by atoms with Crippen molar-refractivity contribution in [3.63, 3.8) is 0 Å². The third kappa shape index (κ3) is 12.6. The summed E-state index contributed by atoms with van der Waals surface area (Å²) in [7, 11) is -5.12. The van der Waals surface area contributed by atoms with Gasteiger partial charge in [-0.1, -0.05) is 39.3 Å². The van der Waals surface area contributed by atoms with E-state index in [2.05, 4.69) is 19.9 Å². The molecule has 4 aliphatic heterocycles. The Bertz CT molecular complexity index is 2090. The molecule has 24 nitrogen and oxygen atoms in total. The van der Waals surface area contributed by atoms with Gasteiger partial charge in [-0.2, -0.15) is 0 Å². The smallest absolute Gasteiger partial charge is 0.726 e. The summed E-state index contributed by atoms with van der Waals surface area (Å²) >= 11 is 0. The number of rotatable bonds is 16. The van der Waals surface area contributed by atoms with Gasteiger partial charge in [0.1, 0.15) is 85.1 Å². The topological polar surface area (TPSA) is 380 Å². The second kappa shape index (κ2) is 24.2. The van der Waals surface area contributed by atoms with E-state index in [1.54, 1.807) is 6.92 Å². The zero-order valence-electron chi connectivity index (χ0n) is 43.6. The van der Waals surface area contributed by atoms with E-state index < -0.39 is 175 Å². The molecule has 4 aliphatic carbocycles. The molecular formula is C49H79NaO24S. The molecule has 7 fully saturated rings. The summed E-state index contributed by atoms with van der Waals surface area (Å²) in [4.78, 5) is 13.1. The maximum atomic E-state index is 13.1. The second-order valence-electron chi connectivity index (χ2n) is 23.4. The van der Waals surface area contributed by atoms with Crippen molar-refractivity contribution in [3.05, 3.63) is 11.6 Å². The normalized spacial score (nSPS) is 49.1. The van der Waals surface area contributed by atoms with Gasteiger partial charge >= 0.3 is 29.6 Å². The zero-order chi connectivity index (χ0) is 54.1. The number of fused-ring (bicyclic) bond motifs is 5. The summed E-state index contributed by atoms with van der Waals surface area (Å²) in [5.41, 5.74) is -1.29. The van der Waals surface area contributed by atoms with Gasteiger partial charge < -0.3 is 98.6 Å². The van der Waals surface area contributed by atoms with Crippen LogP contribution in [0.5, 0.6) is 0 Å². The van der Waals surface area contributed by atoms with Crippen LogP contribution in [0.25, 0.3) is 0 Å². The van der Waals surface area contributed by atoms with Gasteiger partial charge in [0.05, 0.1) is 43.7 Å². The number of aliphatic hydroxyl groups excluding tert-OH is 10. The molecule has 3 saturated carbocycles. The van der Waals surface area contributed by atoms with Crippen molar-refractivity contribution in [1.82, 2.24) is 0 Å². The summed E-state index contributed by atoms with van der Waals surface area (Å²) in [5.74, 6) is -0.848. The standard InChI is InChI=1S/C49H80O24S.Na/c1-20(2)13-22(51)16-49(6,61)32-8-7-25-24-15-29(27-14-23(73-74(62,63)64)9-11-47(27,4)26(24)10-12-48(25,32)5)68-45-40(60)41(35(55)30(17-50)69-45)71-46-42(72-44-39(59)37(57)33(53)21(3)67-44)36(56)31(19-66-46)70-43-38(58)34(54)28(52)18-65-43;/h10,20-21,23-25,27-46,50,52-61H,7-9,11-19H2,1-6H3,(H,62,63,64);/q;+1/p-1/t21?,23-,24?,25?,27?,28?,29-,30?,31?,32-,33?,34?,35?,36?,37?,38?,39?,40?,41?,42?,43?,44?,45?,46?,47+,48-,49-;/m0./s1. The summed E-state index contributed by atoms with van der Waals surface area (Å²) in [6, 6.07) is 0. The van der Waals surface area contributed by atoms with Crippen LogP contribution < -0.4 is 29.6 Å². The number of hydrogen-bond acceptors (Lipinski definition) is 24. The predicted octanol–water partition coefficient (Wildman–Crippen LogP) is -5.26. The molecule has 21 unspecified atom stereocenters. The first-order valence-corrected chi connectivity index (χ1v) is 27.4. The first-order chi connectivity index (χ1) is 34.6. The monoisotopic (exact) mass is 1110 g/mol. The molecule has 4 heterocycles. The van der Waals surface area contributed by atoms with Crippen molar-refractivity contribution in [1.29, 1.82) is 0 Å². The second-order valence-corrected chi connectivity index (χ2v) is 24.4. The Labute approximate surface area is 459 Å². The molecule has 26 heteroatoms. The maximum absolute atomic E-state index is 13.1. The molecule has 11 N–H and O–H groups in total. The fraction of sp³-hybridized carbons (Fsp3) is 0.939. The molecule has 426 valence electrons. The molecule has 0 radical (unpaired) electrons. The van der Waals surface area contributed by atoms with Gasteiger partial charge in [0.25, 0.3) is 0 Å². The Morgan fingerprint density at radius 3 is 2.08 bits per heavy atom. The third-order valence-corrected chi connectivity index (χ3v) is 18.4. The molecule has 0 bridgehead atoms. The van der Waals surface area contributed by atoms with E-state index in [9.17, 15) is 73.9 Å². The van der Waals surface area contributed by atoms with E-state index >= 15 is 0 Å². The van der Waals surface area contributed by atoms with Crippen LogP contribution in [0.15, 0.2) is 11.6 Å². The largest absolute Gasteiger partial charge is 1.00 e. The van der Waals surface area contributed by atoms with E-state index in [-0.39, 0.29) is 78.3 Å². The molecule has 27 atom stereocenters. The Kier molecular flexibility index (Phi) is 20.0. The summed E-state index contributed by atoms with van der Waals surface area (Å²) in [6.07, 6.45) is -26.7. The molecule has 4 saturated heterocycles. The number of carbonyl (C=O) groups is 1. The van der Waals surface area contributed by atoms with Crippen molar-refractivity contribution in [2.24, 2.45) is 40.4 Å². The van der Waals surface area contributed by atoms with Crippen molar-refractivity contribution >= 4 is 16.2 Å². The van der Waals surface area contributed by atoms with Crippen LogP contribution in [0.4, 0.5) is 0 Å². The van der Waals surface area contributed by atoms with Crippen LogP contribution in [-0.2, 0) is 57.3 Å². The predicted molar refractivity (Wildman–Crippen MR) is 248 cm³/mol. The van der Waals surface area contributed by atoms with Crippen LogP contribution in [0.3, 0.4) is 0 Å². The third-order valence-electron chi connectivity index (χ3n) is 17.9. The fourth-order valence-electron chi connectivity index (χ4n) is 14.1. The molecule has 0 amide bonds. The fourth-order valence-corrected chi connectivity index (χ4v) is 14.6. The number of aliphatic hydroxyl groups is 11. The average molecular weight is 1110 g/mol. The molecule has 8 aliphatic rings. The summed E-state index contributed by atoms with van der Waals surface area (Å²) in [5, 5.41) is 121. The van der Waals surface area contributed by atoms with Gasteiger partial charge in [0, 0.05) is 12.8 Å². The zero-order valence-corrected chi connectivity index (χ0v) is 46.4. The minimum Gasteiger partial charge on any atom is -0.726 e. The molecule has 0 spiro atoms. The number of allylic oxidation sites excluding steroid dienone is 2. The van der Waals surface area contributed by atoms with Gasteiger partial charge in [-0.25, -0.2) is 8.42 Å². The first-order valence-electron chi connectivity index (χ1n) is 26.1. The number of Topliss-reactive ketones (excluding diaryl/α,β-unsaturated/α-hetero) is 1. The Balaban J connectivity index is 0.00000820. The molecule has 0 aromatic rings. The van der Waals surface area contributed by atoms with Crippen molar-refractivity contribution in [3.8, 4) is 0 Å². The number of hydrogen-bond donors (Lipinski definition) is 11. The van der Waals surface area contributed by atoms with Crippen molar-refractivity contribution < 1.29 is 146 Å². The van der Waals surface area contributed by atoms with Crippen molar-refractivity contribution in [2.75, 3.05) is 19.8 Å². The van der Waals surface area contributed by atoms with Crippen LogP contribution in [0, 0.1) is 40.4 Å². The van der Waals surface area contributed by atoms with E-state index in [0.29, 0.717) is 38.5 Å². The Morgan fingerprint density at radius 1 is 0.773 bits per heavy atom. The van der Waals surface area contributed by atoms with Crippen LogP contribution >= 0.6 is 0 Å². The van der Waals surface area contributed by atoms with Crippen LogP contribution in [0.2, 0.25) is 0 Å². The minimum atomic E-state index is -5.12. The van der Waals surface area contributed by atoms with E-state index in [1.807, 2.05) is 13.8 Å². The van der Waals surface area contributed by atoms with E-state index in [1.165, 1.54) is 6.92 Å². The van der Waals surface area contributed by atoms with Crippen molar-refractivity contribution in [2.45, 2.75) is 228 Å². The van der Waals surface area contributed by atoms with Gasteiger partial charge in [-0.15, -0.1) is 0 Å². The van der Waals surface area contributed by atoms with Gasteiger partial charge in [0.15, 0.2) is 25.2 Å². The number of ether oxygens (including phenoxy) is 8. The molecule has 75 heavy (non-hydrogen) atoms. The minimum absolute atomic E-state index is 0. The molecule has 0 aromatic carbocycles. The van der Waals surface area contributed by atoms with Gasteiger partial charge in [-0.3, -0.25) is 8.98 Å². The Hall–Kier alpha value is -0.480. The van der Waals surface area contributed by atoms with Crippen LogP contribution in [0.1, 0.15) is 99.3 Å². The maximum Gasteiger partial charge on any atom is 1.00 e. The number of carbonyl (C=O) groups excluding carboxylic acids is 1. The Morgan fingerprint density at radius 2 is 1.41 bits per heavy atom. The van der Waals surface area contributed by atoms with E-state index in [4.69, 9.17) is 42.1 Å². The first kappa shape index (κ1) is 62.1. The van der Waals surface area contributed by atoms with Crippen LogP contribution in [-0.4, -0.2) is 223 Å². The molecule has 0 aromatic heterocycles. The van der Waals surface area contributed by atoms with E-state index in [0.717, 1.165) is 5.57 Å². The summed E-state index contributed by atoms with van der Waals surface area (Å²) in [6.45, 7) is 9.39. The number of ketones is 1.